The highest BCUT2D eigenvalue weighted by atomic mass is 16.5. The molecule has 1 amide bonds. The van der Waals surface area contributed by atoms with E-state index in [-0.39, 0.29) is 5.91 Å². The maximum Gasteiger partial charge on any atom is 0.236 e. The van der Waals surface area contributed by atoms with Crippen molar-refractivity contribution in [2.75, 3.05) is 45.9 Å². The average Bonchev–Trinajstić information content (AvgIpc) is 3.10. The standard InChI is InChI=1S/C17H23N5O2/c23-16(22-6-8-24-9-7-22)12-21-5-1-2-14(11-21)15-4-3-13-10-18-20-17(13)19-15/h3-4,10,14H,1-2,5-9,11-12H2,(H,18,19,20)/t14-/m0/s1. The van der Waals surface area contributed by atoms with Crippen molar-refractivity contribution < 1.29 is 9.53 Å². The van der Waals surface area contributed by atoms with Crippen molar-refractivity contribution in [3.05, 3.63) is 24.0 Å². The van der Waals surface area contributed by atoms with Gasteiger partial charge in [-0.25, -0.2) is 4.98 Å². The Balaban J connectivity index is 1.40. The van der Waals surface area contributed by atoms with Gasteiger partial charge in [-0.2, -0.15) is 5.10 Å². The number of hydrogen-bond donors (Lipinski definition) is 1. The Hall–Kier alpha value is -1.99. The van der Waals surface area contributed by atoms with Crippen LogP contribution in [-0.2, 0) is 9.53 Å². The van der Waals surface area contributed by atoms with Crippen LogP contribution in [0.4, 0.5) is 0 Å². The molecule has 0 aromatic carbocycles. The van der Waals surface area contributed by atoms with Crippen LogP contribution in [0, 0.1) is 0 Å². The average molecular weight is 329 g/mol. The number of pyridine rings is 1. The van der Waals surface area contributed by atoms with Crippen LogP contribution < -0.4 is 0 Å². The fourth-order valence-corrected chi connectivity index (χ4v) is 3.61. The molecule has 128 valence electrons. The molecule has 7 nitrogen and oxygen atoms in total. The van der Waals surface area contributed by atoms with Crippen molar-refractivity contribution >= 4 is 16.9 Å². The number of rotatable bonds is 3. The summed E-state index contributed by atoms with van der Waals surface area (Å²) in [7, 11) is 0. The molecule has 2 fully saturated rings. The highest BCUT2D eigenvalue weighted by Crippen LogP contribution is 2.26. The molecule has 2 aliphatic heterocycles. The molecule has 24 heavy (non-hydrogen) atoms. The smallest absolute Gasteiger partial charge is 0.236 e. The quantitative estimate of drug-likeness (QED) is 0.909. The van der Waals surface area contributed by atoms with E-state index in [0.29, 0.717) is 38.8 Å². The maximum absolute atomic E-state index is 12.4. The normalized spacial score (nSPS) is 22.8. The van der Waals surface area contributed by atoms with Gasteiger partial charge in [0.05, 0.1) is 26.0 Å². The van der Waals surface area contributed by atoms with E-state index >= 15 is 0 Å². The summed E-state index contributed by atoms with van der Waals surface area (Å²) in [5.41, 5.74) is 1.93. The minimum Gasteiger partial charge on any atom is -0.378 e. The summed E-state index contributed by atoms with van der Waals surface area (Å²) in [5, 5.41) is 8.01. The monoisotopic (exact) mass is 329 g/mol. The van der Waals surface area contributed by atoms with Crippen molar-refractivity contribution in [1.29, 1.82) is 0 Å². The van der Waals surface area contributed by atoms with E-state index in [1.54, 1.807) is 6.20 Å². The number of ether oxygens (including phenoxy) is 1. The molecule has 2 aromatic rings. The third-order valence-corrected chi connectivity index (χ3v) is 4.97. The Bertz CT molecular complexity index is 710. The second-order valence-electron chi connectivity index (χ2n) is 6.61. The molecule has 1 atom stereocenters. The molecule has 4 heterocycles. The minimum absolute atomic E-state index is 0.218. The number of nitrogens with zero attached hydrogens (tertiary/aromatic N) is 4. The summed E-state index contributed by atoms with van der Waals surface area (Å²) in [5.74, 6) is 0.597. The lowest BCUT2D eigenvalue weighted by Crippen LogP contribution is -2.47. The number of morpholine rings is 1. The Morgan fingerprint density at radius 2 is 2.17 bits per heavy atom. The second kappa shape index (κ2) is 6.86. The largest absolute Gasteiger partial charge is 0.378 e. The Labute approximate surface area is 141 Å². The number of hydrogen-bond acceptors (Lipinski definition) is 5. The van der Waals surface area contributed by atoms with E-state index in [1.807, 2.05) is 4.90 Å². The number of carbonyl (C=O) groups excluding carboxylic acids is 1. The fourth-order valence-electron chi connectivity index (χ4n) is 3.61. The lowest BCUT2D eigenvalue weighted by Gasteiger charge is -2.34. The molecular formula is C17H23N5O2. The third kappa shape index (κ3) is 3.27. The van der Waals surface area contributed by atoms with Crippen LogP contribution in [-0.4, -0.2) is 76.8 Å². The van der Waals surface area contributed by atoms with E-state index in [1.165, 1.54) is 0 Å². The first-order valence-electron chi connectivity index (χ1n) is 8.67. The SMILES string of the molecule is O=C(CN1CCC[C@H](c2ccc3cn[nH]c3n2)C1)N1CCOCC1. The number of likely N-dealkylation sites (tertiary alicyclic amines) is 1. The van der Waals surface area contributed by atoms with Gasteiger partial charge < -0.3 is 9.64 Å². The number of fused-ring (bicyclic) bond motifs is 1. The van der Waals surface area contributed by atoms with Crippen LogP contribution in [0.2, 0.25) is 0 Å². The van der Waals surface area contributed by atoms with E-state index < -0.39 is 0 Å². The zero-order valence-electron chi connectivity index (χ0n) is 13.8. The number of piperidine rings is 1. The van der Waals surface area contributed by atoms with Gasteiger partial charge in [0.15, 0.2) is 5.65 Å². The zero-order valence-corrected chi connectivity index (χ0v) is 13.8. The van der Waals surface area contributed by atoms with Gasteiger partial charge in [-0.05, 0) is 31.5 Å². The van der Waals surface area contributed by atoms with Crippen LogP contribution in [0.1, 0.15) is 24.5 Å². The first-order valence-corrected chi connectivity index (χ1v) is 8.67. The van der Waals surface area contributed by atoms with Gasteiger partial charge in [-0.3, -0.25) is 14.8 Å². The molecule has 2 aromatic heterocycles. The molecule has 0 spiro atoms. The summed E-state index contributed by atoms with van der Waals surface area (Å²) in [4.78, 5) is 21.3. The first-order chi connectivity index (χ1) is 11.8. The van der Waals surface area contributed by atoms with Gasteiger partial charge in [-0.15, -0.1) is 0 Å². The summed E-state index contributed by atoms with van der Waals surface area (Å²) < 4.78 is 5.32. The lowest BCUT2D eigenvalue weighted by atomic mass is 9.94. The Morgan fingerprint density at radius 1 is 1.29 bits per heavy atom. The Morgan fingerprint density at radius 3 is 3.04 bits per heavy atom. The van der Waals surface area contributed by atoms with Crippen molar-refractivity contribution in [1.82, 2.24) is 25.0 Å². The molecule has 0 radical (unpaired) electrons. The van der Waals surface area contributed by atoms with Gasteiger partial charge in [-0.1, -0.05) is 0 Å². The summed E-state index contributed by atoms with van der Waals surface area (Å²) >= 11 is 0. The van der Waals surface area contributed by atoms with Crippen LogP contribution in [0.25, 0.3) is 11.0 Å². The number of carbonyl (C=O) groups is 1. The highest BCUT2D eigenvalue weighted by Gasteiger charge is 2.26. The molecule has 0 aliphatic carbocycles. The molecule has 0 bridgehead atoms. The minimum atomic E-state index is 0.218. The van der Waals surface area contributed by atoms with Crippen molar-refractivity contribution in [3.8, 4) is 0 Å². The lowest BCUT2D eigenvalue weighted by molar-refractivity contribution is -0.136. The molecule has 2 saturated heterocycles. The maximum atomic E-state index is 12.4. The number of H-pyrrole nitrogens is 1. The number of aromatic nitrogens is 3. The van der Waals surface area contributed by atoms with E-state index in [0.717, 1.165) is 42.7 Å². The van der Waals surface area contributed by atoms with Gasteiger partial charge in [0.1, 0.15) is 0 Å². The summed E-state index contributed by atoms with van der Waals surface area (Å²) in [6.45, 7) is 5.12. The van der Waals surface area contributed by atoms with Crippen LogP contribution in [0.3, 0.4) is 0 Å². The number of nitrogens with one attached hydrogen (secondary N) is 1. The van der Waals surface area contributed by atoms with Gasteiger partial charge in [0.25, 0.3) is 0 Å². The van der Waals surface area contributed by atoms with Crippen molar-refractivity contribution in [2.45, 2.75) is 18.8 Å². The fraction of sp³-hybridized carbons (Fsp3) is 0.588. The van der Waals surface area contributed by atoms with E-state index in [9.17, 15) is 4.79 Å². The third-order valence-electron chi connectivity index (χ3n) is 4.97. The number of amides is 1. The van der Waals surface area contributed by atoms with Gasteiger partial charge in [0.2, 0.25) is 5.91 Å². The molecule has 1 N–H and O–H groups in total. The highest BCUT2D eigenvalue weighted by molar-refractivity contribution is 5.78. The van der Waals surface area contributed by atoms with Gasteiger partial charge >= 0.3 is 0 Å². The van der Waals surface area contributed by atoms with Crippen LogP contribution in [0.5, 0.6) is 0 Å². The van der Waals surface area contributed by atoms with Crippen molar-refractivity contribution in [3.63, 3.8) is 0 Å². The van der Waals surface area contributed by atoms with Crippen LogP contribution >= 0.6 is 0 Å². The zero-order chi connectivity index (χ0) is 16.4. The molecule has 0 saturated carbocycles. The van der Waals surface area contributed by atoms with E-state index in [2.05, 4.69) is 27.2 Å². The van der Waals surface area contributed by atoms with E-state index in [4.69, 9.17) is 9.72 Å². The predicted octanol–water partition coefficient (Wildman–Crippen LogP) is 0.996. The number of aromatic amines is 1. The second-order valence-corrected chi connectivity index (χ2v) is 6.61. The van der Waals surface area contributed by atoms with Crippen molar-refractivity contribution in [2.24, 2.45) is 0 Å². The summed E-state index contributed by atoms with van der Waals surface area (Å²) in [6, 6.07) is 4.16. The molecule has 0 unspecified atom stereocenters. The van der Waals surface area contributed by atoms with Gasteiger partial charge in [0, 0.05) is 36.6 Å². The Kier molecular flexibility index (Phi) is 4.44. The molecule has 7 heteroatoms. The topological polar surface area (TPSA) is 74.4 Å². The summed E-state index contributed by atoms with van der Waals surface area (Å²) in [6.07, 6.45) is 4.01. The molecule has 2 aliphatic rings. The molecule has 4 rings (SSSR count). The predicted molar refractivity (Wildman–Crippen MR) is 89.7 cm³/mol. The molecular weight excluding hydrogens is 306 g/mol. The first kappa shape index (κ1) is 15.5. The van der Waals surface area contributed by atoms with Crippen LogP contribution in [0.15, 0.2) is 18.3 Å².